The van der Waals surface area contributed by atoms with E-state index in [1.165, 1.54) is 14.2 Å². The lowest BCUT2D eigenvalue weighted by atomic mass is 9.94. The second-order valence-corrected chi connectivity index (χ2v) is 8.53. The smallest absolute Gasteiger partial charge is 0.338 e. The highest BCUT2D eigenvalue weighted by Crippen LogP contribution is 2.42. The van der Waals surface area contributed by atoms with Gasteiger partial charge in [-0.2, -0.15) is 0 Å². The number of hydrogen-bond donors (Lipinski definition) is 2. The van der Waals surface area contributed by atoms with Crippen LogP contribution in [-0.2, 0) is 9.53 Å². The number of carbonyl (C=O) groups is 2. The maximum absolute atomic E-state index is 13.0. The number of thioether (sulfide) groups is 1. The molecule has 0 fully saturated rings. The number of carbonyl (C=O) groups excluding carboxylic acids is 2. The van der Waals surface area contributed by atoms with Crippen molar-refractivity contribution in [2.75, 3.05) is 26.6 Å². The number of halogens is 1. The van der Waals surface area contributed by atoms with Gasteiger partial charge in [-0.05, 0) is 47.1 Å². The standard InChI is InChI=1S/C22H23BrN2O5S/c1-13-17(21(26)30-11-12-31-14-7-5-4-6-8-14)20(25-22(27)24-13)18-15(28-2)9-10-16(29-3)19(18)23/h4-10,20H,11-12H2,1-3H3,(H2,24,25,27)/t20-/m1/s1. The molecule has 2 aromatic carbocycles. The zero-order valence-electron chi connectivity index (χ0n) is 17.4. The topological polar surface area (TPSA) is 85.9 Å². The number of hydrogen-bond acceptors (Lipinski definition) is 6. The largest absolute Gasteiger partial charge is 0.496 e. The van der Waals surface area contributed by atoms with Crippen molar-refractivity contribution in [3.05, 3.63) is 63.8 Å². The molecule has 0 bridgehead atoms. The summed E-state index contributed by atoms with van der Waals surface area (Å²) in [6.45, 7) is 1.90. The molecule has 0 aliphatic carbocycles. The van der Waals surface area contributed by atoms with Gasteiger partial charge < -0.3 is 24.8 Å². The Bertz CT molecular complexity index is 997. The summed E-state index contributed by atoms with van der Waals surface area (Å²) in [5.74, 6) is 1.14. The van der Waals surface area contributed by atoms with Gasteiger partial charge in [-0.15, -0.1) is 11.8 Å². The fourth-order valence-electron chi connectivity index (χ4n) is 3.23. The molecule has 1 aliphatic rings. The Morgan fingerprint density at radius 3 is 2.45 bits per heavy atom. The molecule has 2 aromatic rings. The van der Waals surface area contributed by atoms with Gasteiger partial charge in [0.2, 0.25) is 0 Å². The molecular formula is C22H23BrN2O5S. The molecule has 2 amide bonds. The lowest BCUT2D eigenvalue weighted by Crippen LogP contribution is -2.45. The Labute approximate surface area is 193 Å². The predicted octanol–water partition coefficient (Wildman–Crippen LogP) is 4.43. The third-order valence-corrected chi connectivity index (χ3v) is 6.44. The highest BCUT2D eigenvalue weighted by atomic mass is 79.9. The van der Waals surface area contributed by atoms with E-state index in [0.29, 0.717) is 38.6 Å². The molecule has 0 spiro atoms. The Morgan fingerprint density at radius 2 is 1.77 bits per heavy atom. The molecule has 3 rings (SSSR count). The zero-order chi connectivity index (χ0) is 22.4. The van der Waals surface area contributed by atoms with Crippen LogP contribution in [0.25, 0.3) is 0 Å². The van der Waals surface area contributed by atoms with Crippen molar-refractivity contribution in [2.45, 2.75) is 17.9 Å². The average Bonchev–Trinajstić information content (AvgIpc) is 2.76. The van der Waals surface area contributed by atoms with E-state index in [4.69, 9.17) is 14.2 Å². The Balaban J connectivity index is 1.83. The van der Waals surface area contributed by atoms with E-state index in [1.54, 1.807) is 30.8 Å². The maximum Gasteiger partial charge on any atom is 0.338 e. The van der Waals surface area contributed by atoms with Crippen LogP contribution in [-0.4, -0.2) is 38.6 Å². The van der Waals surface area contributed by atoms with E-state index in [1.807, 2.05) is 30.3 Å². The van der Waals surface area contributed by atoms with E-state index in [2.05, 4.69) is 26.6 Å². The minimum Gasteiger partial charge on any atom is -0.496 e. The molecule has 31 heavy (non-hydrogen) atoms. The Hall–Kier alpha value is -2.65. The molecular weight excluding hydrogens is 484 g/mol. The molecule has 1 atom stereocenters. The van der Waals surface area contributed by atoms with Gasteiger partial charge in [-0.25, -0.2) is 9.59 Å². The van der Waals surface area contributed by atoms with Gasteiger partial charge in [0.15, 0.2) is 0 Å². The fourth-order valence-corrected chi connectivity index (χ4v) is 4.70. The normalized spacial score (nSPS) is 15.7. The van der Waals surface area contributed by atoms with Crippen LogP contribution in [0, 0.1) is 0 Å². The first kappa shape index (κ1) is 23.0. The van der Waals surface area contributed by atoms with Crippen LogP contribution in [0.2, 0.25) is 0 Å². The summed E-state index contributed by atoms with van der Waals surface area (Å²) in [6, 6.07) is 12.1. The van der Waals surface area contributed by atoms with Crippen molar-refractivity contribution in [1.82, 2.24) is 10.6 Å². The number of allylic oxidation sites excluding steroid dienone is 1. The Morgan fingerprint density at radius 1 is 1.10 bits per heavy atom. The quantitative estimate of drug-likeness (QED) is 0.313. The van der Waals surface area contributed by atoms with E-state index in [-0.39, 0.29) is 6.61 Å². The van der Waals surface area contributed by atoms with Crippen molar-refractivity contribution < 1.29 is 23.8 Å². The molecule has 0 radical (unpaired) electrons. The summed E-state index contributed by atoms with van der Waals surface area (Å²) in [5, 5.41) is 5.45. The fraction of sp³-hybridized carbons (Fsp3) is 0.273. The molecule has 1 aliphatic heterocycles. The number of nitrogens with one attached hydrogen (secondary N) is 2. The van der Waals surface area contributed by atoms with Gasteiger partial charge >= 0.3 is 12.0 Å². The molecule has 0 saturated heterocycles. The molecule has 2 N–H and O–H groups in total. The number of amides is 2. The SMILES string of the molecule is COc1ccc(OC)c([C@@H]2NC(=O)NC(C)=C2C(=O)OCCSc2ccccc2)c1Br. The lowest BCUT2D eigenvalue weighted by Gasteiger charge is -2.30. The van der Waals surface area contributed by atoms with Crippen LogP contribution in [0.4, 0.5) is 4.79 Å². The van der Waals surface area contributed by atoms with Gasteiger partial charge in [-0.3, -0.25) is 0 Å². The summed E-state index contributed by atoms with van der Waals surface area (Å²) in [7, 11) is 3.06. The molecule has 1 heterocycles. The van der Waals surface area contributed by atoms with E-state index in [0.717, 1.165) is 4.90 Å². The summed E-state index contributed by atoms with van der Waals surface area (Å²) in [5.41, 5.74) is 1.30. The molecule has 9 heteroatoms. The monoisotopic (exact) mass is 506 g/mol. The van der Waals surface area contributed by atoms with Crippen molar-refractivity contribution in [1.29, 1.82) is 0 Å². The van der Waals surface area contributed by atoms with E-state index in [9.17, 15) is 9.59 Å². The number of urea groups is 1. The van der Waals surface area contributed by atoms with Crippen LogP contribution < -0.4 is 20.1 Å². The van der Waals surface area contributed by atoms with Crippen molar-refractivity contribution >= 4 is 39.7 Å². The van der Waals surface area contributed by atoms with E-state index >= 15 is 0 Å². The third-order valence-electron chi connectivity index (χ3n) is 4.65. The molecule has 0 unspecified atom stereocenters. The second-order valence-electron chi connectivity index (χ2n) is 6.57. The number of rotatable bonds is 8. The zero-order valence-corrected chi connectivity index (χ0v) is 19.8. The summed E-state index contributed by atoms with van der Waals surface area (Å²) in [6.07, 6.45) is 0. The molecule has 7 nitrogen and oxygen atoms in total. The van der Waals surface area contributed by atoms with Crippen LogP contribution in [0.1, 0.15) is 18.5 Å². The van der Waals surface area contributed by atoms with Crippen molar-refractivity contribution in [2.24, 2.45) is 0 Å². The number of benzene rings is 2. The van der Waals surface area contributed by atoms with Gasteiger partial charge in [0.25, 0.3) is 0 Å². The second kappa shape index (κ2) is 10.6. The average molecular weight is 507 g/mol. The van der Waals surface area contributed by atoms with Gasteiger partial charge in [0, 0.05) is 21.9 Å². The predicted molar refractivity (Wildman–Crippen MR) is 122 cm³/mol. The van der Waals surface area contributed by atoms with Crippen LogP contribution >= 0.6 is 27.7 Å². The first-order chi connectivity index (χ1) is 15.0. The summed E-state index contributed by atoms with van der Waals surface area (Å²) >= 11 is 5.12. The van der Waals surface area contributed by atoms with Crippen molar-refractivity contribution in [3.8, 4) is 11.5 Å². The number of methoxy groups -OCH3 is 2. The maximum atomic E-state index is 13.0. The minimum atomic E-state index is -0.776. The van der Waals surface area contributed by atoms with Gasteiger partial charge in [0.1, 0.15) is 18.1 Å². The first-order valence-corrected chi connectivity index (χ1v) is 11.3. The van der Waals surface area contributed by atoms with Crippen LogP contribution in [0.5, 0.6) is 11.5 Å². The van der Waals surface area contributed by atoms with Gasteiger partial charge in [0.05, 0.1) is 30.3 Å². The summed E-state index contributed by atoms with van der Waals surface area (Å²) < 4.78 is 17.0. The minimum absolute atomic E-state index is 0.228. The number of ether oxygens (including phenoxy) is 3. The van der Waals surface area contributed by atoms with Gasteiger partial charge in [-0.1, -0.05) is 18.2 Å². The van der Waals surface area contributed by atoms with Crippen molar-refractivity contribution in [3.63, 3.8) is 0 Å². The van der Waals surface area contributed by atoms with Crippen LogP contribution in [0.3, 0.4) is 0 Å². The van der Waals surface area contributed by atoms with E-state index < -0.39 is 18.0 Å². The highest BCUT2D eigenvalue weighted by molar-refractivity contribution is 9.10. The third kappa shape index (κ3) is 5.34. The highest BCUT2D eigenvalue weighted by Gasteiger charge is 2.36. The summed E-state index contributed by atoms with van der Waals surface area (Å²) in [4.78, 5) is 26.3. The lowest BCUT2D eigenvalue weighted by molar-refractivity contribution is -0.138. The first-order valence-electron chi connectivity index (χ1n) is 9.49. The van der Waals surface area contributed by atoms with Crippen LogP contribution in [0.15, 0.2) is 63.1 Å². The molecule has 164 valence electrons. The Kier molecular flexibility index (Phi) is 7.86. The molecule has 0 saturated carbocycles. The molecule has 0 aromatic heterocycles. The number of esters is 1.